The standard InChI is InChI=1S/C14H14BrN3O3/c1-9(10-3-5-12(21-2)6-4-10)17-14-13(15)7-11(8-16-14)18(19)20/h3-9H,1-2H3,(H,16,17). The first kappa shape index (κ1) is 15.2. The SMILES string of the molecule is COc1ccc(C(C)Nc2ncc([N+](=O)[O-])cc2Br)cc1. The molecule has 1 heterocycles. The third-order valence-electron chi connectivity index (χ3n) is 3.01. The third-order valence-corrected chi connectivity index (χ3v) is 3.61. The number of halogens is 1. The van der Waals surface area contributed by atoms with Crippen molar-refractivity contribution in [2.75, 3.05) is 12.4 Å². The van der Waals surface area contributed by atoms with Crippen LogP contribution in [0.3, 0.4) is 0 Å². The van der Waals surface area contributed by atoms with E-state index >= 15 is 0 Å². The number of nitrogens with one attached hydrogen (secondary N) is 1. The summed E-state index contributed by atoms with van der Waals surface area (Å²) in [5, 5.41) is 13.9. The number of nitrogens with zero attached hydrogens (tertiary/aromatic N) is 2. The second kappa shape index (κ2) is 6.53. The van der Waals surface area contributed by atoms with Crippen LogP contribution in [-0.4, -0.2) is 17.0 Å². The number of aromatic nitrogens is 1. The quantitative estimate of drug-likeness (QED) is 0.652. The van der Waals surface area contributed by atoms with E-state index in [9.17, 15) is 10.1 Å². The molecule has 2 rings (SSSR count). The molecule has 0 radical (unpaired) electrons. The number of hydrogen-bond acceptors (Lipinski definition) is 5. The smallest absolute Gasteiger partial charge is 0.288 e. The van der Waals surface area contributed by atoms with E-state index in [0.29, 0.717) is 10.3 Å². The molecule has 0 aliphatic rings. The lowest BCUT2D eigenvalue weighted by Crippen LogP contribution is -2.08. The molecule has 7 heteroatoms. The van der Waals surface area contributed by atoms with Gasteiger partial charge < -0.3 is 10.1 Å². The molecule has 0 aliphatic carbocycles. The zero-order valence-electron chi connectivity index (χ0n) is 11.5. The molecule has 1 aromatic carbocycles. The van der Waals surface area contributed by atoms with Crippen LogP contribution in [0.15, 0.2) is 41.0 Å². The fraction of sp³-hybridized carbons (Fsp3) is 0.214. The summed E-state index contributed by atoms with van der Waals surface area (Å²) < 4.78 is 5.67. The molecule has 1 atom stereocenters. The van der Waals surface area contributed by atoms with Gasteiger partial charge in [-0.05, 0) is 40.5 Å². The molecule has 1 aromatic heterocycles. The maximum absolute atomic E-state index is 10.7. The van der Waals surface area contributed by atoms with Gasteiger partial charge in [-0.25, -0.2) is 4.98 Å². The van der Waals surface area contributed by atoms with E-state index in [-0.39, 0.29) is 11.7 Å². The Hall–Kier alpha value is -2.15. The van der Waals surface area contributed by atoms with Gasteiger partial charge in [0.1, 0.15) is 17.8 Å². The maximum Gasteiger partial charge on any atom is 0.288 e. The number of rotatable bonds is 5. The average Bonchev–Trinajstić information content (AvgIpc) is 2.49. The van der Waals surface area contributed by atoms with Crippen LogP contribution in [-0.2, 0) is 0 Å². The van der Waals surface area contributed by atoms with E-state index in [1.54, 1.807) is 7.11 Å². The average molecular weight is 352 g/mol. The van der Waals surface area contributed by atoms with Gasteiger partial charge in [0, 0.05) is 12.1 Å². The Morgan fingerprint density at radius 2 is 2.05 bits per heavy atom. The van der Waals surface area contributed by atoms with Crippen molar-refractivity contribution in [3.63, 3.8) is 0 Å². The van der Waals surface area contributed by atoms with Crippen molar-refractivity contribution in [2.45, 2.75) is 13.0 Å². The molecule has 2 aromatic rings. The van der Waals surface area contributed by atoms with Gasteiger partial charge in [0.15, 0.2) is 0 Å². The van der Waals surface area contributed by atoms with Crippen molar-refractivity contribution in [1.29, 1.82) is 0 Å². The normalized spacial score (nSPS) is 11.8. The summed E-state index contributed by atoms with van der Waals surface area (Å²) in [4.78, 5) is 14.3. The van der Waals surface area contributed by atoms with Crippen molar-refractivity contribution in [3.05, 3.63) is 56.7 Å². The second-order valence-electron chi connectivity index (χ2n) is 4.42. The Balaban J connectivity index is 2.14. The van der Waals surface area contributed by atoms with Gasteiger partial charge in [-0.2, -0.15) is 0 Å². The van der Waals surface area contributed by atoms with E-state index in [1.165, 1.54) is 12.3 Å². The Kier molecular flexibility index (Phi) is 4.74. The van der Waals surface area contributed by atoms with Crippen molar-refractivity contribution in [3.8, 4) is 5.75 Å². The Bertz CT molecular complexity index is 646. The van der Waals surface area contributed by atoms with E-state index in [4.69, 9.17) is 4.74 Å². The Labute approximate surface area is 130 Å². The van der Waals surface area contributed by atoms with E-state index in [0.717, 1.165) is 11.3 Å². The highest BCUT2D eigenvalue weighted by Gasteiger charge is 2.13. The van der Waals surface area contributed by atoms with Gasteiger partial charge in [0.2, 0.25) is 0 Å². The molecule has 0 fully saturated rings. The predicted molar refractivity (Wildman–Crippen MR) is 83.6 cm³/mol. The van der Waals surface area contributed by atoms with Crippen LogP contribution >= 0.6 is 15.9 Å². The van der Waals surface area contributed by atoms with Crippen LogP contribution < -0.4 is 10.1 Å². The molecular formula is C14H14BrN3O3. The monoisotopic (exact) mass is 351 g/mol. The summed E-state index contributed by atoms with van der Waals surface area (Å²) in [6.07, 6.45) is 1.23. The van der Waals surface area contributed by atoms with Crippen LogP contribution in [0, 0.1) is 10.1 Å². The van der Waals surface area contributed by atoms with Crippen LogP contribution in [0.1, 0.15) is 18.5 Å². The minimum absolute atomic E-state index is 0.00108. The zero-order valence-corrected chi connectivity index (χ0v) is 13.1. The number of pyridine rings is 1. The van der Waals surface area contributed by atoms with Crippen molar-refractivity contribution in [1.82, 2.24) is 4.98 Å². The summed E-state index contributed by atoms with van der Waals surface area (Å²) >= 11 is 3.29. The molecule has 1 N–H and O–H groups in total. The summed E-state index contributed by atoms with van der Waals surface area (Å²) in [6.45, 7) is 1.98. The second-order valence-corrected chi connectivity index (χ2v) is 5.27. The maximum atomic E-state index is 10.7. The Morgan fingerprint density at radius 3 is 2.57 bits per heavy atom. The van der Waals surface area contributed by atoms with Crippen LogP contribution in [0.4, 0.5) is 11.5 Å². The molecule has 21 heavy (non-hydrogen) atoms. The molecule has 0 amide bonds. The van der Waals surface area contributed by atoms with Gasteiger partial charge in [-0.1, -0.05) is 12.1 Å². The number of methoxy groups -OCH3 is 1. The lowest BCUT2D eigenvalue weighted by atomic mass is 10.1. The fourth-order valence-corrected chi connectivity index (χ4v) is 2.27. The van der Waals surface area contributed by atoms with Gasteiger partial charge >= 0.3 is 0 Å². The highest BCUT2D eigenvalue weighted by atomic mass is 79.9. The van der Waals surface area contributed by atoms with Crippen LogP contribution in [0.2, 0.25) is 0 Å². The summed E-state index contributed by atoms with van der Waals surface area (Å²) in [7, 11) is 1.62. The van der Waals surface area contributed by atoms with Gasteiger partial charge in [-0.15, -0.1) is 0 Å². The van der Waals surface area contributed by atoms with Gasteiger partial charge in [0.05, 0.1) is 16.5 Å². The molecule has 0 saturated carbocycles. The lowest BCUT2D eigenvalue weighted by Gasteiger charge is -2.16. The first-order valence-corrected chi connectivity index (χ1v) is 7.01. The molecule has 110 valence electrons. The van der Waals surface area contributed by atoms with Crippen molar-refractivity contribution in [2.24, 2.45) is 0 Å². The topological polar surface area (TPSA) is 77.3 Å². The number of nitro groups is 1. The highest BCUT2D eigenvalue weighted by Crippen LogP contribution is 2.28. The highest BCUT2D eigenvalue weighted by molar-refractivity contribution is 9.10. The van der Waals surface area contributed by atoms with Gasteiger partial charge in [0.25, 0.3) is 5.69 Å². The largest absolute Gasteiger partial charge is 0.497 e. The first-order valence-electron chi connectivity index (χ1n) is 6.21. The molecule has 0 spiro atoms. The molecule has 6 nitrogen and oxygen atoms in total. The predicted octanol–water partition coefficient (Wildman–Crippen LogP) is 3.93. The van der Waals surface area contributed by atoms with Crippen molar-refractivity contribution < 1.29 is 9.66 Å². The zero-order chi connectivity index (χ0) is 15.4. The van der Waals surface area contributed by atoms with Gasteiger partial charge in [-0.3, -0.25) is 10.1 Å². The van der Waals surface area contributed by atoms with Crippen LogP contribution in [0.5, 0.6) is 5.75 Å². The minimum atomic E-state index is -0.478. The molecular weight excluding hydrogens is 338 g/mol. The van der Waals surface area contributed by atoms with Crippen molar-refractivity contribution >= 4 is 27.4 Å². The molecule has 1 unspecified atom stereocenters. The summed E-state index contributed by atoms with van der Waals surface area (Å²) in [6, 6.07) is 9.10. The number of hydrogen-bond donors (Lipinski definition) is 1. The minimum Gasteiger partial charge on any atom is -0.497 e. The lowest BCUT2D eigenvalue weighted by molar-refractivity contribution is -0.385. The third kappa shape index (κ3) is 3.69. The number of ether oxygens (including phenoxy) is 1. The van der Waals surface area contributed by atoms with E-state index in [2.05, 4.69) is 26.2 Å². The fourth-order valence-electron chi connectivity index (χ4n) is 1.81. The van der Waals surface area contributed by atoms with Crippen LogP contribution in [0.25, 0.3) is 0 Å². The van der Waals surface area contributed by atoms with E-state index < -0.39 is 4.92 Å². The summed E-state index contributed by atoms with van der Waals surface area (Å²) in [5.41, 5.74) is 1.01. The molecule has 0 bridgehead atoms. The molecule has 0 saturated heterocycles. The molecule has 0 aliphatic heterocycles. The first-order chi connectivity index (χ1) is 10.0. The summed E-state index contributed by atoms with van der Waals surface area (Å²) in [5.74, 6) is 1.35. The van der Waals surface area contributed by atoms with E-state index in [1.807, 2.05) is 31.2 Å². The number of benzene rings is 1. The Morgan fingerprint density at radius 1 is 1.38 bits per heavy atom. The number of anilines is 1.